The van der Waals surface area contributed by atoms with Crippen LogP contribution in [0.3, 0.4) is 0 Å². The van der Waals surface area contributed by atoms with Gasteiger partial charge in [-0.05, 0) is 36.8 Å². The monoisotopic (exact) mass is 160 g/mol. The first-order valence-corrected chi connectivity index (χ1v) is 4.50. The maximum absolute atomic E-state index is 2.28. The highest BCUT2D eigenvalue weighted by Crippen LogP contribution is 2.08. The van der Waals surface area contributed by atoms with Crippen molar-refractivity contribution in [3.05, 3.63) is 48.2 Å². The Bertz CT molecular complexity index is 204. The number of hydrogen-bond donors (Lipinski definition) is 0. The molecule has 1 aromatic rings. The van der Waals surface area contributed by atoms with E-state index in [1.54, 1.807) is 0 Å². The molecule has 0 saturated heterocycles. The van der Waals surface area contributed by atoms with Gasteiger partial charge >= 0.3 is 0 Å². The molecule has 2 radical (unpaired) electrons. The van der Waals surface area contributed by atoms with Gasteiger partial charge in [-0.1, -0.05) is 38.1 Å². The number of hydrogen-bond acceptors (Lipinski definition) is 0. The van der Waals surface area contributed by atoms with Gasteiger partial charge in [0, 0.05) is 0 Å². The van der Waals surface area contributed by atoms with E-state index in [9.17, 15) is 0 Å². The van der Waals surface area contributed by atoms with Crippen molar-refractivity contribution in [2.24, 2.45) is 0 Å². The Labute approximate surface area is 75.6 Å². The fourth-order valence-corrected chi connectivity index (χ4v) is 1.36. The lowest BCUT2D eigenvalue weighted by molar-refractivity contribution is 1.09. The third-order valence-corrected chi connectivity index (χ3v) is 1.87. The van der Waals surface area contributed by atoms with Crippen molar-refractivity contribution < 1.29 is 0 Å². The maximum Gasteiger partial charge on any atom is -0.0250 e. The fourth-order valence-electron chi connectivity index (χ4n) is 1.36. The normalized spacial score (nSPS) is 10.2. The summed E-state index contributed by atoms with van der Waals surface area (Å²) in [5.41, 5.74) is 2.83. The van der Waals surface area contributed by atoms with Gasteiger partial charge < -0.3 is 0 Å². The third kappa shape index (κ3) is 2.69. The van der Waals surface area contributed by atoms with Crippen molar-refractivity contribution in [2.75, 3.05) is 0 Å². The Hall–Kier alpha value is -0.780. The molecule has 0 aromatic heterocycles. The molecule has 0 heterocycles. The van der Waals surface area contributed by atoms with E-state index < -0.39 is 0 Å². The summed E-state index contributed by atoms with van der Waals surface area (Å²) in [6.45, 7) is 4.19. The molecule has 0 bridgehead atoms. The smallest absolute Gasteiger partial charge is 0.0250 e. The van der Waals surface area contributed by atoms with Crippen LogP contribution in [0.5, 0.6) is 0 Å². The summed E-state index contributed by atoms with van der Waals surface area (Å²) in [6, 6.07) is 8.77. The second kappa shape index (κ2) is 4.97. The van der Waals surface area contributed by atoms with Crippen molar-refractivity contribution in [2.45, 2.75) is 26.7 Å². The molecule has 0 amide bonds. The minimum Gasteiger partial charge on any atom is -0.0619 e. The standard InChI is InChI=1S/C12H16/c1-3-6-11-8-5-9-12(10-11)7-4-2/h3-5,8-10H,6-7H2,1-2H3. The first-order valence-electron chi connectivity index (χ1n) is 4.50. The van der Waals surface area contributed by atoms with Crippen molar-refractivity contribution >= 4 is 0 Å². The molecule has 1 aromatic carbocycles. The fraction of sp³-hybridized carbons (Fsp3) is 0.333. The Kier molecular flexibility index (Phi) is 3.86. The van der Waals surface area contributed by atoms with E-state index in [1.165, 1.54) is 11.1 Å². The second-order valence-electron chi connectivity index (χ2n) is 3.04. The lowest BCUT2D eigenvalue weighted by atomic mass is 10.0. The molecule has 0 heteroatoms. The third-order valence-electron chi connectivity index (χ3n) is 1.87. The SMILES string of the molecule is C[CH]Cc1cccc(C[CH]C)c1. The molecule has 0 N–H and O–H groups in total. The lowest BCUT2D eigenvalue weighted by Crippen LogP contribution is -1.88. The van der Waals surface area contributed by atoms with Gasteiger partial charge in [-0.2, -0.15) is 0 Å². The van der Waals surface area contributed by atoms with E-state index in [0.29, 0.717) is 0 Å². The molecule has 0 nitrogen and oxygen atoms in total. The Morgan fingerprint density at radius 1 is 1.00 bits per heavy atom. The van der Waals surface area contributed by atoms with Gasteiger partial charge in [-0.25, -0.2) is 0 Å². The van der Waals surface area contributed by atoms with Crippen LogP contribution >= 0.6 is 0 Å². The minimum atomic E-state index is 1.08. The van der Waals surface area contributed by atoms with Crippen LogP contribution in [0, 0.1) is 12.8 Å². The van der Waals surface area contributed by atoms with Gasteiger partial charge in [0.05, 0.1) is 0 Å². The summed E-state index contributed by atoms with van der Waals surface area (Å²) in [5.74, 6) is 0. The van der Waals surface area contributed by atoms with E-state index in [2.05, 4.69) is 51.0 Å². The van der Waals surface area contributed by atoms with Crippen molar-refractivity contribution in [3.63, 3.8) is 0 Å². The Morgan fingerprint density at radius 2 is 1.50 bits per heavy atom. The zero-order chi connectivity index (χ0) is 8.81. The highest BCUT2D eigenvalue weighted by molar-refractivity contribution is 5.25. The second-order valence-corrected chi connectivity index (χ2v) is 3.04. The van der Waals surface area contributed by atoms with Gasteiger partial charge in [0.15, 0.2) is 0 Å². The predicted molar refractivity (Wildman–Crippen MR) is 53.8 cm³/mol. The lowest BCUT2D eigenvalue weighted by Gasteiger charge is -2.01. The topological polar surface area (TPSA) is 0 Å². The van der Waals surface area contributed by atoms with E-state index in [-0.39, 0.29) is 0 Å². The highest BCUT2D eigenvalue weighted by Gasteiger charge is 1.93. The van der Waals surface area contributed by atoms with Crippen LogP contribution in [0.4, 0.5) is 0 Å². The Morgan fingerprint density at radius 3 is 1.92 bits per heavy atom. The summed E-state index contributed by atoms with van der Waals surface area (Å²) >= 11 is 0. The van der Waals surface area contributed by atoms with Crippen molar-refractivity contribution in [1.29, 1.82) is 0 Å². The van der Waals surface area contributed by atoms with Crippen LogP contribution in [0.25, 0.3) is 0 Å². The quantitative estimate of drug-likeness (QED) is 0.634. The van der Waals surface area contributed by atoms with E-state index in [1.807, 2.05) is 0 Å². The summed E-state index contributed by atoms with van der Waals surface area (Å²) < 4.78 is 0. The van der Waals surface area contributed by atoms with Crippen LogP contribution < -0.4 is 0 Å². The molecule has 0 aliphatic heterocycles. The molecule has 0 atom stereocenters. The van der Waals surface area contributed by atoms with E-state index in [0.717, 1.165) is 12.8 Å². The molecule has 1 rings (SSSR count). The van der Waals surface area contributed by atoms with Gasteiger partial charge in [0.25, 0.3) is 0 Å². The summed E-state index contributed by atoms with van der Waals surface area (Å²) in [6.07, 6.45) is 6.54. The van der Waals surface area contributed by atoms with Crippen LogP contribution in [0.1, 0.15) is 25.0 Å². The molecule has 0 aliphatic carbocycles. The molecular weight excluding hydrogens is 144 g/mol. The van der Waals surface area contributed by atoms with Crippen molar-refractivity contribution in [3.8, 4) is 0 Å². The van der Waals surface area contributed by atoms with Gasteiger partial charge in [0.2, 0.25) is 0 Å². The summed E-state index contributed by atoms with van der Waals surface area (Å²) in [4.78, 5) is 0. The Balaban J connectivity index is 2.67. The van der Waals surface area contributed by atoms with Crippen LogP contribution in [0.2, 0.25) is 0 Å². The van der Waals surface area contributed by atoms with Crippen molar-refractivity contribution in [1.82, 2.24) is 0 Å². The summed E-state index contributed by atoms with van der Waals surface area (Å²) in [7, 11) is 0. The molecule has 0 fully saturated rings. The molecule has 12 heavy (non-hydrogen) atoms. The molecule has 0 saturated carbocycles. The average molecular weight is 160 g/mol. The maximum atomic E-state index is 2.28. The molecule has 0 spiro atoms. The highest BCUT2D eigenvalue weighted by atomic mass is 14.0. The zero-order valence-electron chi connectivity index (χ0n) is 7.88. The van der Waals surface area contributed by atoms with Gasteiger partial charge in [-0.15, -0.1) is 0 Å². The van der Waals surface area contributed by atoms with Crippen LogP contribution in [-0.4, -0.2) is 0 Å². The van der Waals surface area contributed by atoms with E-state index >= 15 is 0 Å². The molecule has 64 valence electrons. The molecular formula is C12H16. The molecule has 0 aliphatic rings. The van der Waals surface area contributed by atoms with Gasteiger partial charge in [0.1, 0.15) is 0 Å². The predicted octanol–water partition coefficient (Wildman–Crippen LogP) is 3.22. The first-order chi connectivity index (χ1) is 5.86. The first kappa shape index (κ1) is 9.31. The zero-order valence-corrected chi connectivity index (χ0v) is 7.88. The number of benzene rings is 1. The van der Waals surface area contributed by atoms with Gasteiger partial charge in [-0.3, -0.25) is 0 Å². The molecule has 0 unspecified atom stereocenters. The minimum absolute atomic E-state index is 1.08. The largest absolute Gasteiger partial charge is 0.0619 e. The average Bonchev–Trinajstić information content (AvgIpc) is 2.06. The van der Waals surface area contributed by atoms with Crippen LogP contribution in [0.15, 0.2) is 24.3 Å². The summed E-state index contributed by atoms with van der Waals surface area (Å²) in [5, 5.41) is 0. The number of rotatable bonds is 4. The van der Waals surface area contributed by atoms with E-state index in [4.69, 9.17) is 0 Å². The van der Waals surface area contributed by atoms with Crippen LogP contribution in [-0.2, 0) is 12.8 Å².